The van der Waals surface area contributed by atoms with Crippen LogP contribution in [0.15, 0.2) is 28.7 Å². The first-order valence-corrected chi connectivity index (χ1v) is 8.56. The normalized spacial score (nSPS) is 12.7. The van der Waals surface area contributed by atoms with Gasteiger partial charge >= 0.3 is 0 Å². The molecule has 20 heavy (non-hydrogen) atoms. The fourth-order valence-corrected chi connectivity index (χ4v) is 3.42. The molecule has 0 aliphatic rings. The molecule has 0 saturated carbocycles. The zero-order chi connectivity index (χ0) is 14.7. The molecule has 108 valence electrons. The maximum atomic E-state index is 4.43. The van der Waals surface area contributed by atoms with E-state index >= 15 is 0 Å². The molecule has 1 N–H and O–H groups in total. The summed E-state index contributed by atoms with van der Waals surface area (Å²) in [7, 11) is 2.01. The van der Waals surface area contributed by atoms with Gasteiger partial charge in [0.25, 0.3) is 0 Å². The molecule has 0 aliphatic carbocycles. The van der Waals surface area contributed by atoms with Crippen LogP contribution in [0.3, 0.4) is 0 Å². The minimum atomic E-state index is 0.291. The second-order valence-electron chi connectivity index (χ2n) is 4.88. The van der Waals surface area contributed by atoms with E-state index in [-0.39, 0.29) is 0 Å². The predicted octanol–water partition coefficient (Wildman–Crippen LogP) is 3.99. The molecule has 5 heteroatoms. The van der Waals surface area contributed by atoms with Gasteiger partial charge in [-0.15, -0.1) is 0 Å². The standard InChI is InChI=1S/C15H19BrIN3/c1-4-18-15(9-12-7-10(2)19-20(12)3)13-8-11(17)5-6-14(13)16/h5-8,15,18H,4,9H2,1-3H3. The summed E-state index contributed by atoms with van der Waals surface area (Å²) in [6.07, 6.45) is 0.934. The van der Waals surface area contributed by atoms with Gasteiger partial charge < -0.3 is 5.32 Å². The largest absolute Gasteiger partial charge is 0.310 e. The van der Waals surface area contributed by atoms with Crippen molar-refractivity contribution >= 4 is 38.5 Å². The van der Waals surface area contributed by atoms with Crippen molar-refractivity contribution in [3.05, 3.63) is 49.3 Å². The van der Waals surface area contributed by atoms with E-state index in [1.165, 1.54) is 14.8 Å². The average Bonchev–Trinajstić information content (AvgIpc) is 2.70. The van der Waals surface area contributed by atoms with Crippen LogP contribution in [0.2, 0.25) is 0 Å². The molecule has 0 bridgehead atoms. The SMILES string of the molecule is CCNC(Cc1cc(C)nn1C)c1cc(I)ccc1Br. The van der Waals surface area contributed by atoms with E-state index in [1.807, 2.05) is 18.7 Å². The Morgan fingerprint density at radius 1 is 1.40 bits per heavy atom. The number of aryl methyl sites for hydroxylation is 2. The number of benzene rings is 1. The van der Waals surface area contributed by atoms with Crippen molar-refractivity contribution in [3.8, 4) is 0 Å². The van der Waals surface area contributed by atoms with Gasteiger partial charge in [-0.1, -0.05) is 22.9 Å². The molecule has 0 amide bonds. The predicted molar refractivity (Wildman–Crippen MR) is 94.9 cm³/mol. The van der Waals surface area contributed by atoms with Crippen LogP contribution in [0.5, 0.6) is 0 Å². The zero-order valence-corrected chi connectivity index (χ0v) is 15.7. The smallest absolute Gasteiger partial charge is 0.0596 e. The Bertz CT molecular complexity index is 595. The van der Waals surface area contributed by atoms with E-state index in [4.69, 9.17) is 0 Å². The third-order valence-electron chi connectivity index (χ3n) is 3.30. The fourth-order valence-electron chi connectivity index (χ4n) is 2.38. The van der Waals surface area contributed by atoms with E-state index in [0.717, 1.165) is 23.1 Å². The van der Waals surface area contributed by atoms with Crippen LogP contribution >= 0.6 is 38.5 Å². The highest BCUT2D eigenvalue weighted by molar-refractivity contribution is 14.1. The highest BCUT2D eigenvalue weighted by Crippen LogP contribution is 2.28. The lowest BCUT2D eigenvalue weighted by molar-refractivity contribution is 0.527. The fraction of sp³-hybridized carbons (Fsp3) is 0.400. The van der Waals surface area contributed by atoms with Gasteiger partial charge in [-0.2, -0.15) is 5.10 Å². The zero-order valence-electron chi connectivity index (χ0n) is 12.0. The van der Waals surface area contributed by atoms with Crippen molar-refractivity contribution in [2.24, 2.45) is 7.05 Å². The molecular weight excluding hydrogens is 429 g/mol. The quantitative estimate of drug-likeness (QED) is 0.702. The number of rotatable bonds is 5. The van der Waals surface area contributed by atoms with E-state index in [2.05, 4.69) is 80.1 Å². The summed E-state index contributed by atoms with van der Waals surface area (Å²) >= 11 is 6.03. The summed E-state index contributed by atoms with van der Waals surface area (Å²) in [6.45, 7) is 5.12. The first kappa shape index (κ1) is 16.0. The second-order valence-corrected chi connectivity index (χ2v) is 6.98. The topological polar surface area (TPSA) is 29.9 Å². The van der Waals surface area contributed by atoms with Crippen molar-refractivity contribution in [1.29, 1.82) is 0 Å². The first-order chi connectivity index (χ1) is 9.51. The maximum absolute atomic E-state index is 4.43. The lowest BCUT2D eigenvalue weighted by atomic mass is 10.0. The van der Waals surface area contributed by atoms with Crippen LogP contribution in [-0.2, 0) is 13.5 Å². The molecule has 0 spiro atoms. The van der Waals surface area contributed by atoms with Gasteiger partial charge in [0.15, 0.2) is 0 Å². The molecule has 0 radical (unpaired) electrons. The van der Waals surface area contributed by atoms with Gasteiger partial charge in [-0.25, -0.2) is 0 Å². The van der Waals surface area contributed by atoms with Crippen molar-refractivity contribution < 1.29 is 0 Å². The summed E-state index contributed by atoms with van der Waals surface area (Å²) in [4.78, 5) is 0. The molecule has 3 nitrogen and oxygen atoms in total. The van der Waals surface area contributed by atoms with Crippen LogP contribution in [-0.4, -0.2) is 16.3 Å². The molecule has 2 aromatic rings. The van der Waals surface area contributed by atoms with E-state index in [1.54, 1.807) is 0 Å². The molecule has 0 saturated heterocycles. The van der Waals surface area contributed by atoms with Crippen molar-refractivity contribution in [3.63, 3.8) is 0 Å². The number of nitrogens with one attached hydrogen (secondary N) is 1. The lowest BCUT2D eigenvalue weighted by Crippen LogP contribution is -2.24. The third kappa shape index (κ3) is 3.83. The highest BCUT2D eigenvalue weighted by atomic mass is 127. The molecule has 1 aromatic carbocycles. The Balaban J connectivity index is 2.31. The lowest BCUT2D eigenvalue weighted by Gasteiger charge is -2.20. The maximum Gasteiger partial charge on any atom is 0.0596 e. The Morgan fingerprint density at radius 2 is 2.15 bits per heavy atom. The summed E-state index contributed by atoms with van der Waals surface area (Å²) in [6, 6.07) is 8.92. The molecule has 0 aliphatic heterocycles. The number of hydrogen-bond acceptors (Lipinski definition) is 2. The Morgan fingerprint density at radius 3 is 2.75 bits per heavy atom. The molecule has 1 atom stereocenters. The third-order valence-corrected chi connectivity index (χ3v) is 4.69. The number of nitrogens with zero attached hydrogens (tertiary/aromatic N) is 2. The first-order valence-electron chi connectivity index (χ1n) is 6.69. The second kappa shape index (κ2) is 7.04. The Hall–Kier alpha value is -0.400. The van der Waals surface area contributed by atoms with Gasteiger partial charge in [0.05, 0.1) is 5.69 Å². The summed E-state index contributed by atoms with van der Waals surface area (Å²) in [5.41, 5.74) is 3.62. The van der Waals surface area contributed by atoms with Gasteiger partial charge in [0.2, 0.25) is 0 Å². The van der Waals surface area contributed by atoms with E-state index in [0.29, 0.717) is 6.04 Å². The minimum absolute atomic E-state index is 0.291. The molecular formula is C15H19BrIN3. The monoisotopic (exact) mass is 447 g/mol. The average molecular weight is 448 g/mol. The number of hydrogen-bond donors (Lipinski definition) is 1. The molecule has 1 unspecified atom stereocenters. The molecule has 1 heterocycles. The van der Waals surface area contributed by atoms with E-state index in [9.17, 15) is 0 Å². The Labute approximate surface area is 142 Å². The number of likely N-dealkylation sites (N-methyl/N-ethyl adjacent to an activating group) is 1. The van der Waals surface area contributed by atoms with Crippen molar-refractivity contribution in [2.75, 3.05) is 6.54 Å². The van der Waals surface area contributed by atoms with Gasteiger partial charge in [0, 0.05) is 33.2 Å². The van der Waals surface area contributed by atoms with Crippen LogP contribution in [0.1, 0.15) is 29.9 Å². The summed E-state index contributed by atoms with van der Waals surface area (Å²) < 4.78 is 4.38. The molecule has 0 fully saturated rings. The summed E-state index contributed by atoms with van der Waals surface area (Å²) in [5, 5.41) is 8.01. The van der Waals surface area contributed by atoms with Crippen LogP contribution < -0.4 is 5.32 Å². The van der Waals surface area contributed by atoms with Crippen molar-refractivity contribution in [1.82, 2.24) is 15.1 Å². The minimum Gasteiger partial charge on any atom is -0.310 e. The van der Waals surface area contributed by atoms with Gasteiger partial charge in [-0.3, -0.25) is 4.68 Å². The van der Waals surface area contributed by atoms with Gasteiger partial charge in [-0.05, 0) is 65.9 Å². The van der Waals surface area contributed by atoms with Crippen molar-refractivity contribution in [2.45, 2.75) is 26.3 Å². The van der Waals surface area contributed by atoms with E-state index < -0.39 is 0 Å². The molecule has 1 aromatic heterocycles. The Kier molecular flexibility index (Phi) is 5.63. The van der Waals surface area contributed by atoms with Crippen LogP contribution in [0.4, 0.5) is 0 Å². The highest BCUT2D eigenvalue weighted by Gasteiger charge is 2.16. The number of aromatic nitrogens is 2. The number of halogens is 2. The van der Waals surface area contributed by atoms with Crippen LogP contribution in [0, 0.1) is 10.5 Å². The molecule has 2 rings (SSSR count). The van der Waals surface area contributed by atoms with Gasteiger partial charge in [0.1, 0.15) is 0 Å². The van der Waals surface area contributed by atoms with Crippen LogP contribution in [0.25, 0.3) is 0 Å². The summed E-state index contributed by atoms with van der Waals surface area (Å²) in [5.74, 6) is 0.